The van der Waals surface area contributed by atoms with Crippen LogP contribution in [0.25, 0.3) is 5.69 Å². The minimum atomic E-state index is -0.486. The van der Waals surface area contributed by atoms with Gasteiger partial charge in [0.05, 0.1) is 24.3 Å². The van der Waals surface area contributed by atoms with Gasteiger partial charge in [0.15, 0.2) is 0 Å². The Morgan fingerprint density at radius 1 is 1.14 bits per heavy atom. The third-order valence-corrected chi connectivity index (χ3v) is 7.55. The lowest BCUT2D eigenvalue weighted by atomic mass is 9.92. The molecular formula is C29H34N4O4. The number of nitrogens with one attached hydrogen (secondary N) is 1. The van der Waals surface area contributed by atoms with Crippen LogP contribution in [0.1, 0.15) is 63.2 Å². The van der Waals surface area contributed by atoms with Gasteiger partial charge in [0, 0.05) is 48.8 Å². The van der Waals surface area contributed by atoms with E-state index < -0.39 is 5.91 Å². The number of aryl methyl sites for hydroxylation is 1. The molecule has 0 spiro atoms. The fourth-order valence-electron chi connectivity index (χ4n) is 5.51. The van der Waals surface area contributed by atoms with Crippen molar-refractivity contribution >= 4 is 17.5 Å². The Balaban J connectivity index is 1.41. The van der Waals surface area contributed by atoms with Crippen LogP contribution in [0.15, 0.2) is 48.7 Å². The number of carbonyl (C=O) groups excluding carboxylic acids is 2. The first kappa shape index (κ1) is 24.9. The number of anilines is 1. The Kier molecular flexibility index (Phi) is 6.93. The van der Waals surface area contributed by atoms with E-state index in [9.17, 15) is 14.7 Å². The van der Waals surface area contributed by atoms with Gasteiger partial charge in [-0.3, -0.25) is 9.59 Å². The smallest absolute Gasteiger partial charge is 0.256 e. The minimum Gasteiger partial charge on any atom is -0.497 e. The first-order chi connectivity index (χ1) is 17.8. The number of carbonyl (C=O) groups is 2. The molecule has 37 heavy (non-hydrogen) atoms. The van der Waals surface area contributed by atoms with Crippen molar-refractivity contribution in [2.75, 3.05) is 19.0 Å². The predicted molar refractivity (Wildman–Crippen MR) is 142 cm³/mol. The van der Waals surface area contributed by atoms with Gasteiger partial charge in [-0.05, 0) is 74.1 Å². The lowest BCUT2D eigenvalue weighted by molar-refractivity contribution is 0.0725. The summed E-state index contributed by atoms with van der Waals surface area (Å²) in [5.41, 5.74) is 11.4. The summed E-state index contributed by atoms with van der Waals surface area (Å²) in [5.74, 6) is 0.336. The van der Waals surface area contributed by atoms with Crippen molar-refractivity contribution in [2.45, 2.75) is 57.7 Å². The first-order valence-corrected chi connectivity index (χ1v) is 12.9. The van der Waals surface area contributed by atoms with E-state index in [4.69, 9.17) is 10.5 Å². The molecule has 0 radical (unpaired) electrons. The minimum absolute atomic E-state index is 0.0289. The number of fused-ring (bicyclic) bond motifs is 1. The van der Waals surface area contributed by atoms with E-state index in [0.29, 0.717) is 24.3 Å². The number of primary amides is 1. The maximum absolute atomic E-state index is 13.5. The summed E-state index contributed by atoms with van der Waals surface area (Å²) in [5, 5.41) is 13.3. The van der Waals surface area contributed by atoms with Crippen molar-refractivity contribution in [2.24, 2.45) is 5.73 Å². The highest BCUT2D eigenvalue weighted by Gasteiger charge is 2.30. The van der Waals surface area contributed by atoms with E-state index in [1.807, 2.05) is 54.4 Å². The van der Waals surface area contributed by atoms with Gasteiger partial charge in [-0.15, -0.1) is 0 Å². The number of benzene rings is 2. The monoisotopic (exact) mass is 502 g/mol. The van der Waals surface area contributed by atoms with Crippen molar-refractivity contribution in [3.63, 3.8) is 0 Å². The molecule has 1 aliphatic carbocycles. The summed E-state index contributed by atoms with van der Waals surface area (Å²) in [4.78, 5) is 27.5. The van der Waals surface area contributed by atoms with Crippen molar-refractivity contribution < 1.29 is 19.4 Å². The molecule has 2 aliphatic rings. The third kappa shape index (κ3) is 5.06. The van der Waals surface area contributed by atoms with Crippen LogP contribution in [-0.2, 0) is 13.0 Å². The number of aliphatic hydroxyl groups excluding tert-OH is 1. The van der Waals surface area contributed by atoms with Gasteiger partial charge in [-0.1, -0.05) is 12.1 Å². The lowest BCUT2D eigenvalue weighted by Crippen LogP contribution is -2.37. The summed E-state index contributed by atoms with van der Waals surface area (Å²) in [7, 11) is 1.64. The second kappa shape index (κ2) is 10.3. The average molecular weight is 503 g/mol. The second-order valence-electron chi connectivity index (χ2n) is 10.1. The highest BCUT2D eigenvalue weighted by atomic mass is 16.5. The van der Waals surface area contributed by atoms with Crippen LogP contribution >= 0.6 is 0 Å². The highest BCUT2D eigenvalue weighted by molar-refractivity contribution is 5.99. The lowest BCUT2D eigenvalue weighted by Gasteiger charge is -2.29. The molecule has 2 heterocycles. The molecule has 4 N–H and O–H groups in total. The van der Waals surface area contributed by atoms with Crippen LogP contribution < -0.4 is 15.8 Å². The molecular weight excluding hydrogens is 468 g/mol. The van der Waals surface area contributed by atoms with E-state index in [0.717, 1.165) is 65.9 Å². The summed E-state index contributed by atoms with van der Waals surface area (Å²) in [6.07, 6.45) is 5.62. The topological polar surface area (TPSA) is 110 Å². The standard InChI is InChI=1S/C29H34N4O4/c1-18-16-33(21-7-12-24(28(30)35)25(15-21)31-20-5-8-22(34)9-6-20)26-13-14-32(29(36)27(18)26)17-19-3-10-23(37-2)11-4-19/h3-4,7,10-12,15-16,20,22,31,34H,5-6,8-9,13-14,17H2,1-2H3,(H2,30,35). The van der Waals surface area contributed by atoms with Gasteiger partial charge in [0.1, 0.15) is 5.75 Å². The van der Waals surface area contributed by atoms with E-state index >= 15 is 0 Å². The van der Waals surface area contributed by atoms with Gasteiger partial charge < -0.3 is 30.4 Å². The van der Waals surface area contributed by atoms with Crippen LogP contribution in [-0.4, -0.2) is 52.2 Å². The highest BCUT2D eigenvalue weighted by Crippen LogP contribution is 2.31. The Morgan fingerprint density at radius 3 is 2.54 bits per heavy atom. The molecule has 2 amide bonds. The van der Waals surface area contributed by atoms with Crippen LogP contribution in [0, 0.1) is 6.92 Å². The Bertz CT molecular complexity index is 1310. The molecule has 1 aliphatic heterocycles. The summed E-state index contributed by atoms with van der Waals surface area (Å²) in [6.45, 7) is 3.13. The van der Waals surface area contributed by atoms with Crippen LogP contribution in [0.5, 0.6) is 5.75 Å². The zero-order chi connectivity index (χ0) is 26.1. The summed E-state index contributed by atoms with van der Waals surface area (Å²) >= 11 is 0. The Morgan fingerprint density at radius 2 is 1.86 bits per heavy atom. The number of nitrogens with zero attached hydrogens (tertiary/aromatic N) is 2. The Hall–Kier alpha value is -3.78. The maximum Gasteiger partial charge on any atom is 0.256 e. The van der Waals surface area contributed by atoms with Gasteiger partial charge in [-0.2, -0.15) is 0 Å². The SMILES string of the molecule is COc1ccc(CN2CCc3c(c(C)cn3-c3ccc(C(N)=O)c(NC4CCC(O)CC4)c3)C2=O)cc1. The molecule has 5 rings (SSSR count). The van der Waals surface area contributed by atoms with Crippen molar-refractivity contribution in [3.8, 4) is 11.4 Å². The van der Waals surface area contributed by atoms with Crippen LogP contribution in [0.2, 0.25) is 0 Å². The van der Waals surface area contributed by atoms with E-state index in [-0.39, 0.29) is 18.1 Å². The quantitative estimate of drug-likeness (QED) is 0.455. The largest absolute Gasteiger partial charge is 0.497 e. The normalized spacial score (nSPS) is 19.4. The molecule has 3 aromatic rings. The fourth-order valence-corrected chi connectivity index (χ4v) is 5.51. The summed E-state index contributed by atoms with van der Waals surface area (Å²) in [6, 6.07) is 13.5. The van der Waals surface area contributed by atoms with Crippen molar-refractivity contribution in [1.29, 1.82) is 0 Å². The fraction of sp³-hybridized carbons (Fsp3) is 0.379. The zero-order valence-corrected chi connectivity index (χ0v) is 21.4. The molecule has 1 saturated carbocycles. The molecule has 0 bridgehead atoms. The van der Waals surface area contributed by atoms with Crippen molar-refractivity contribution in [3.05, 3.63) is 76.6 Å². The molecule has 1 fully saturated rings. The molecule has 8 heteroatoms. The molecule has 8 nitrogen and oxygen atoms in total. The predicted octanol–water partition coefficient (Wildman–Crippen LogP) is 3.81. The van der Waals surface area contributed by atoms with Crippen molar-refractivity contribution in [1.82, 2.24) is 9.47 Å². The zero-order valence-electron chi connectivity index (χ0n) is 21.4. The molecule has 0 atom stereocenters. The molecule has 0 unspecified atom stereocenters. The number of ether oxygens (including phenoxy) is 1. The molecule has 194 valence electrons. The number of amides is 2. The first-order valence-electron chi connectivity index (χ1n) is 12.9. The number of methoxy groups -OCH3 is 1. The van der Waals surface area contributed by atoms with Gasteiger partial charge in [0.25, 0.3) is 11.8 Å². The average Bonchev–Trinajstić information content (AvgIpc) is 3.24. The molecule has 0 saturated heterocycles. The van der Waals surface area contributed by atoms with E-state index in [2.05, 4.69) is 9.88 Å². The van der Waals surface area contributed by atoms with E-state index in [1.54, 1.807) is 13.2 Å². The molecule has 1 aromatic heterocycles. The van der Waals surface area contributed by atoms with Crippen LogP contribution in [0.4, 0.5) is 5.69 Å². The molecule has 2 aromatic carbocycles. The Labute approximate surface area is 217 Å². The number of hydrogen-bond acceptors (Lipinski definition) is 5. The number of nitrogens with two attached hydrogens (primary N) is 1. The number of aliphatic hydroxyl groups is 1. The van der Waals surface area contributed by atoms with Gasteiger partial charge >= 0.3 is 0 Å². The number of rotatable bonds is 7. The van der Waals surface area contributed by atoms with E-state index in [1.165, 1.54) is 0 Å². The third-order valence-electron chi connectivity index (χ3n) is 7.55. The number of aromatic nitrogens is 1. The number of hydrogen-bond donors (Lipinski definition) is 3. The van der Waals surface area contributed by atoms with Gasteiger partial charge in [0.2, 0.25) is 0 Å². The van der Waals surface area contributed by atoms with Crippen LogP contribution in [0.3, 0.4) is 0 Å². The maximum atomic E-state index is 13.5. The second-order valence-corrected chi connectivity index (χ2v) is 10.1. The van der Waals surface area contributed by atoms with Gasteiger partial charge in [-0.25, -0.2) is 0 Å². The summed E-state index contributed by atoms with van der Waals surface area (Å²) < 4.78 is 7.30.